The first-order valence-electron chi connectivity index (χ1n) is 8.89. The van der Waals surface area contributed by atoms with E-state index in [1.165, 1.54) is 5.56 Å². The number of carbonyl (C=O) groups is 1. The average Bonchev–Trinajstić information content (AvgIpc) is 2.66. The Bertz CT molecular complexity index is 689. The zero-order chi connectivity index (χ0) is 17.5. The van der Waals surface area contributed by atoms with Crippen molar-refractivity contribution in [1.29, 1.82) is 0 Å². The van der Waals surface area contributed by atoms with Crippen LogP contribution in [0.5, 0.6) is 0 Å². The second-order valence-corrected chi connectivity index (χ2v) is 6.90. The number of ether oxygens (including phenoxy) is 1. The largest absolute Gasteiger partial charge is 0.372 e. The number of piperidine rings is 1. The van der Waals surface area contributed by atoms with Gasteiger partial charge in [0.25, 0.3) is 0 Å². The molecule has 0 radical (unpaired) electrons. The van der Waals surface area contributed by atoms with Gasteiger partial charge in [0.1, 0.15) is 0 Å². The van der Waals surface area contributed by atoms with Crippen LogP contribution in [0.25, 0.3) is 0 Å². The van der Waals surface area contributed by atoms with Gasteiger partial charge in [-0.3, -0.25) is 4.79 Å². The summed E-state index contributed by atoms with van der Waals surface area (Å²) in [6, 6.07) is 17.9. The highest BCUT2D eigenvalue weighted by atomic mass is 35.5. The number of rotatable bonds is 6. The van der Waals surface area contributed by atoms with Crippen LogP contribution in [-0.2, 0) is 22.6 Å². The Balaban J connectivity index is 1.47. The number of halogens is 1. The van der Waals surface area contributed by atoms with Gasteiger partial charge >= 0.3 is 0 Å². The molecule has 4 heteroatoms. The number of carbonyl (C=O) groups excluding carboxylic acids is 1. The summed E-state index contributed by atoms with van der Waals surface area (Å²) in [7, 11) is 0. The lowest BCUT2D eigenvalue weighted by Crippen LogP contribution is -2.43. The van der Waals surface area contributed by atoms with Gasteiger partial charge in [-0.15, -0.1) is 0 Å². The highest BCUT2D eigenvalue weighted by Gasteiger charge is 2.24. The minimum Gasteiger partial charge on any atom is -0.372 e. The molecule has 1 aliphatic heterocycles. The third-order valence-corrected chi connectivity index (χ3v) is 5.00. The van der Waals surface area contributed by atoms with E-state index in [0.717, 1.165) is 36.4 Å². The second kappa shape index (κ2) is 9.02. The van der Waals surface area contributed by atoms with Crippen LogP contribution in [0.15, 0.2) is 54.6 Å². The van der Waals surface area contributed by atoms with Crippen molar-refractivity contribution in [2.24, 2.45) is 0 Å². The van der Waals surface area contributed by atoms with E-state index in [1.54, 1.807) is 0 Å². The first kappa shape index (κ1) is 18.0. The molecule has 1 saturated heterocycles. The standard InChI is InChI=1S/C21H24ClNO2/c22-20-11-5-4-9-18(20)16-25-19-10-6-14-23(15-19)21(24)13-12-17-7-2-1-3-8-17/h1-5,7-9,11,19H,6,10,12-16H2. The van der Waals surface area contributed by atoms with Crippen LogP contribution in [0.2, 0.25) is 5.02 Å². The number of benzene rings is 2. The van der Waals surface area contributed by atoms with Gasteiger partial charge in [-0.1, -0.05) is 60.1 Å². The monoisotopic (exact) mass is 357 g/mol. The predicted octanol–water partition coefficient (Wildman–Crippen LogP) is 4.48. The Morgan fingerprint density at radius 3 is 2.68 bits per heavy atom. The third kappa shape index (κ3) is 5.32. The molecule has 1 amide bonds. The number of likely N-dealkylation sites (tertiary alicyclic amines) is 1. The van der Waals surface area contributed by atoms with Gasteiger partial charge in [0.2, 0.25) is 5.91 Å². The lowest BCUT2D eigenvalue weighted by Gasteiger charge is -2.33. The van der Waals surface area contributed by atoms with E-state index in [1.807, 2.05) is 47.4 Å². The first-order valence-corrected chi connectivity index (χ1v) is 9.27. The molecule has 1 fully saturated rings. The molecule has 0 N–H and O–H groups in total. The fraction of sp³-hybridized carbons (Fsp3) is 0.381. The fourth-order valence-corrected chi connectivity index (χ4v) is 3.37. The molecule has 0 aromatic heterocycles. The summed E-state index contributed by atoms with van der Waals surface area (Å²) in [6.07, 6.45) is 3.42. The Hall–Kier alpha value is -1.84. The van der Waals surface area contributed by atoms with Gasteiger partial charge in [0, 0.05) is 24.5 Å². The summed E-state index contributed by atoms with van der Waals surface area (Å²) in [5.74, 6) is 0.217. The van der Waals surface area contributed by atoms with Crippen molar-refractivity contribution in [3.63, 3.8) is 0 Å². The Morgan fingerprint density at radius 2 is 1.88 bits per heavy atom. The van der Waals surface area contributed by atoms with Crippen LogP contribution in [0.3, 0.4) is 0 Å². The molecule has 2 aromatic carbocycles. The highest BCUT2D eigenvalue weighted by Crippen LogP contribution is 2.20. The minimum atomic E-state index is 0.0886. The van der Waals surface area contributed by atoms with Crippen molar-refractivity contribution in [2.75, 3.05) is 13.1 Å². The maximum absolute atomic E-state index is 12.5. The first-order chi connectivity index (χ1) is 12.2. The normalized spacial score (nSPS) is 17.5. The molecular formula is C21H24ClNO2. The second-order valence-electron chi connectivity index (χ2n) is 6.49. The summed E-state index contributed by atoms with van der Waals surface area (Å²) in [5, 5.41) is 0.731. The molecule has 0 spiro atoms. The molecular weight excluding hydrogens is 334 g/mol. The van der Waals surface area contributed by atoms with Crippen LogP contribution < -0.4 is 0 Å². The molecule has 0 aliphatic carbocycles. The van der Waals surface area contributed by atoms with Crippen LogP contribution in [0, 0.1) is 0 Å². The molecule has 25 heavy (non-hydrogen) atoms. The molecule has 0 bridgehead atoms. The molecule has 0 saturated carbocycles. The minimum absolute atomic E-state index is 0.0886. The molecule has 3 rings (SSSR count). The van der Waals surface area contributed by atoms with Crippen molar-refractivity contribution in [3.05, 3.63) is 70.7 Å². The van der Waals surface area contributed by atoms with E-state index in [2.05, 4.69) is 12.1 Å². The maximum atomic E-state index is 12.5. The van der Waals surface area contributed by atoms with Gasteiger partial charge in [0.15, 0.2) is 0 Å². The van der Waals surface area contributed by atoms with E-state index in [-0.39, 0.29) is 12.0 Å². The van der Waals surface area contributed by atoms with E-state index in [9.17, 15) is 4.79 Å². The number of amides is 1. The lowest BCUT2D eigenvalue weighted by atomic mass is 10.1. The Kier molecular flexibility index (Phi) is 6.48. The van der Waals surface area contributed by atoms with Crippen molar-refractivity contribution < 1.29 is 9.53 Å². The number of aryl methyl sites for hydroxylation is 1. The maximum Gasteiger partial charge on any atom is 0.222 e. The lowest BCUT2D eigenvalue weighted by molar-refractivity contribution is -0.135. The van der Waals surface area contributed by atoms with Crippen molar-refractivity contribution in [3.8, 4) is 0 Å². The molecule has 132 valence electrons. The van der Waals surface area contributed by atoms with E-state index >= 15 is 0 Å². The molecule has 1 atom stereocenters. The molecule has 1 unspecified atom stereocenters. The summed E-state index contributed by atoms with van der Waals surface area (Å²) >= 11 is 6.18. The van der Waals surface area contributed by atoms with Crippen molar-refractivity contribution in [2.45, 2.75) is 38.4 Å². The summed E-state index contributed by atoms with van der Waals surface area (Å²) in [6.45, 7) is 2.01. The third-order valence-electron chi connectivity index (χ3n) is 4.63. The van der Waals surface area contributed by atoms with Crippen molar-refractivity contribution in [1.82, 2.24) is 4.90 Å². The molecule has 2 aromatic rings. The average molecular weight is 358 g/mol. The molecule has 1 aliphatic rings. The van der Waals surface area contributed by atoms with Gasteiger partial charge in [-0.05, 0) is 36.5 Å². The van der Waals surface area contributed by atoms with Crippen LogP contribution in [-0.4, -0.2) is 30.0 Å². The number of hydrogen-bond donors (Lipinski definition) is 0. The van der Waals surface area contributed by atoms with E-state index in [0.29, 0.717) is 19.6 Å². The van der Waals surface area contributed by atoms with E-state index in [4.69, 9.17) is 16.3 Å². The Labute approximate surface area is 154 Å². The topological polar surface area (TPSA) is 29.5 Å². The Morgan fingerprint density at radius 1 is 1.12 bits per heavy atom. The van der Waals surface area contributed by atoms with Gasteiger partial charge in [-0.25, -0.2) is 0 Å². The summed E-state index contributed by atoms with van der Waals surface area (Å²) in [5.41, 5.74) is 2.20. The fourth-order valence-electron chi connectivity index (χ4n) is 3.18. The van der Waals surface area contributed by atoms with Crippen LogP contribution in [0.4, 0.5) is 0 Å². The smallest absolute Gasteiger partial charge is 0.222 e. The van der Waals surface area contributed by atoms with Gasteiger partial charge < -0.3 is 9.64 Å². The quantitative estimate of drug-likeness (QED) is 0.762. The predicted molar refractivity (Wildman–Crippen MR) is 101 cm³/mol. The van der Waals surface area contributed by atoms with Gasteiger partial charge in [-0.2, -0.15) is 0 Å². The molecule has 3 nitrogen and oxygen atoms in total. The highest BCUT2D eigenvalue weighted by molar-refractivity contribution is 6.31. The zero-order valence-electron chi connectivity index (χ0n) is 14.4. The summed E-state index contributed by atoms with van der Waals surface area (Å²) in [4.78, 5) is 14.4. The zero-order valence-corrected chi connectivity index (χ0v) is 15.1. The van der Waals surface area contributed by atoms with E-state index < -0.39 is 0 Å². The SMILES string of the molecule is O=C(CCc1ccccc1)N1CCCC(OCc2ccccc2Cl)C1. The van der Waals surface area contributed by atoms with Crippen molar-refractivity contribution >= 4 is 17.5 Å². The van der Waals surface area contributed by atoms with Gasteiger partial charge in [0.05, 0.1) is 12.7 Å². The number of nitrogens with zero attached hydrogens (tertiary/aromatic N) is 1. The summed E-state index contributed by atoms with van der Waals surface area (Å²) < 4.78 is 6.01. The van der Waals surface area contributed by atoms with Crippen LogP contribution in [0.1, 0.15) is 30.4 Å². The number of hydrogen-bond acceptors (Lipinski definition) is 2. The van der Waals surface area contributed by atoms with Crippen LogP contribution >= 0.6 is 11.6 Å². The molecule has 1 heterocycles.